The fraction of sp³-hybridized carbons (Fsp3) is 0.846. The van der Waals surface area contributed by atoms with E-state index in [1.54, 1.807) is 20.8 Å². The number of alkyl halides is 2. The molecule has 0 unspecified atom stereocenters. The zero-order chi connectivity index (χ0) is 18.8. The molecule has 0 spiro atoms. The number of hydrogen-bond acceptors (Lipinski definition) is 7. The number of piperidine rings is 1. The summed E-state index contributed by atoms with van der Waals surface area (Å²) >= 11 is 0. The molecule has 1 aliphatic heterocycles. The number of carbonyl (C=O) groups is 2. The third-order valence-corrected chi connectivity index (χ3v) is 4.06. The third-order valence-electron chi connectivity index (χ3n) is 3.27. The molecule has 8 nitrogen and oxygen atoms in total. The van der Waals surface area contributed by atoms with Gasteiger partial charge in [-0.05, 0) is 39.5 Å². The molecule has 0 atom stereocenters. The number of likely N-dealkylation sites (tertiary alicyclic amines) is 1. The van der Waals surface area contributed by atoms with Gasteiger partial charge in [-0.2, -0.15) is 8.78 Å². The maximum atomic E-state index is 13.0. The number of esters is 1. The Labute approximate surface area is 138 Å². The Hall–Kier alpha value is -1.49. The summed E-state index contributed by atoms with van der Waals surface area (Å²) in [6, 6.07) is 0. The minimum Gasteiger partial charge on any atom is -0.743 e. The first-order valence-corrected chi connectivity index (χ1v) is 8.63. The quantitative estimate of drug-likeness (QED) is 0.540. The summed E-state index contributed by atoms with van der Waals surface area (Å²) in [4.78, 5) is 24.3. The largest absolute Gasteiger partial charge is 0.743 e. The van der Waals surface area contributed by atoms with E-state index in [4.69, 9.17) is 4.74 Å². The predicted molar refractivity (Wildman–Crippen MR) is 76.1 cm³/mol. The fourth-order valence-corrected chi connectivity index (χ4v) is 2.25. The number of nitrogens with zero attached hydrogens (tertiary/aromatic N) is 1. The second-order valence-electron chi connectivity index (χ2n) is 6.48. The van der Waals surface area contributed by atoms with Crippen LogP contribution in [0.2, 0.25) is 0 Å². The molecule has 0 N–H and O–H groups in total. The molecule has 0 aromatic carbocycles. The zero-order valence-electron chi connectivity index (χ0n) is 13.6. The summed E-state index contributed by atoms with van der Waals surface area (Å²) in [6.45, 7) is 5.29. The van der Waals surface area contributed by atoms with Gasteiger partial charge in [-0.1, -0.05) is 0 Å². The van der Waals surface area contributed by atoms with Gasteiger partial charge in [0.2, 0.25) is 0 Å². The maximum Gasteiger partial charge on any atom is 0.428 e. The summed E-state index contributed by atoms with van der Waals surface area (Å²) in [5, 5.41) is -5.11. The van der Waals surface area contributed by atoms with Crippen LogP contribution < -0.4 is 0 Å². The molecule has 1 aliphatic rings. The normalized spacial score (nSPS) is 17.5. The van der Waals surface area contributed by atoms with Crippen molar-refractivity contribution in [1.82, 2.24) is 4.90 Å². The Bertz CT molecular complexity index is 578. The Morgan fingerprint density at radius 2 is 1.71 bits per heavy atom. The van der Waals surface area contributed by atoms with Crippen molar-refractivity contribution >= 4 is 22.2 Å². The second-order valence-corrected chi connectivity index (χ2v) is 7.90. The average Bonchev–Trinajstić information content (AvgIpc) is 2.42. The molecule has 0 bridgehead atoms. The predicted octanol–water partition coefficient (Wildman–Crippen LogP) is 1.31. The molecule has 0 radical (unpaired) electrons. The molecule has 1 amide bonds. The number of halogens is 2. The summed E-state index contributed by atoms with van der Waals surface area (Å²) in [5.74, 6) is -2.70. The van der Waals surface area contributed by atoms with Gasteiger partial charge < -0.3 is 18.9 Å². The number of carbonyl (C=O) groups excluding carboxylic acids is 2. The first kappa shape index (κ1) is 20.6. The molecule has 0 aromatic heterocycles. The molecule has 0 aliphatic carbocycles. The Balaban J connectivity index is 2.45. The number of ether oxygens (including phenoxy) is 2. The lowest BCUT2D eigenvalue weighted by atomic mass is 9.98. The molecule has 11 heteroatoms. The summed E-state index contributed by atoms with van der Waals surface area (Å²) in [5.41, 5.74) is -0.640. The van der Waals surface area contributed by atoms with Gasteiger partial charge in [0.25, 0.3) is 0 Å². The molecule has 1 fully saturated rings. The van der Waals surface area contributed by atoms with Crippen molar-refractivity contribution in [2.75, 3.05) is 19.7 Å². The molecule has 24 heavy (non-hydrogen) atoms. The van der Waals surface area contributed by atoms with Gasteiger partial charge in [0.1, 0.15) is 5.60 Å². The highest BCUT2D eigenvalue weighted by molar-refractivity contribution is 7.87. The van der Waals surface area contributed by atoms with Crippen LogP contribution in [0, 0.1) is 5.92 Å². The van der Waals surface area contributed by atoms with E-state index in [0.29, 0.717) is 12.8 Å². The van der Waals surface area contributed by atoms with Crippen molar-refractivity contribution in [1.29, 1.82) is 0 Å². The average molecular weight is 372 g/mol. The molecule has 0 aromatic rings. The van der Waals surface area contributed by atoms with E-state index in [2.05, 4.69) is 4.74 Å². The fourth-order valence-electron chi connectivity index (χ4n) is 1.99. The van der Waals surface area contributed by atoms with E-state index in [1.165, 1.54) is 4.90 Å². The SMILES string of the molecule is CC(C)(C)OC(=O)N1CCC(COC(=O)C(F)(F)S(=O)(=O)[O-])CC1. The smallest absolute Gasteiger partial charge is 0.428 e. The van der Waals surface area contributed by atoms with Crippen LogP contribution in [0.25, 0.3) is 0 Å². The minimum atomic E-state index is -6.12. The van der Waals surface area contributed by atoms with E-state index in [9.17, 15) is 31.3 Å². The van der Waals surface area contributed by atoms with Crippen LogP contribution >= 0.6 is 0 Å². The molecule has 1 rings (SSSR count). The van der Waals surface area contributed by atoms with Crippen LogP contribution in [0.1, 0.15) is 33.6 Å². The Kier molecular flexibility index (Phi) is 6.15. The van der Waals surface area contributed by atoms with Crippen molar-refractivity contribution in [2.24, 2.45) is 5.92 Å². The van der Waals surface area contributed by atoms with Crippen LogP contribution in [0.15, 0.2) is 0 Å². The number of rotatable bonds is 4. The Morgan fingerprint density at radius 3 is 2.12 bits per heavy atom. The summed E-state index contributed by atoms with van der Waals surface area (Å²) in [7, 11) is -6.12. The van der Waals surface area contributed by atoms with Gasteiger partial charge in [-0.25, -0.2) is 18.0 Å². The first-order chi connectivity index (χ1) is 10.7. The lowest BCUT2D eigenvalue weighted by Crippen LogP contribution is -2.43. The van der Waals surface area contributed by atoms with Crippen LogP contribution in [-0.4, -0.2) is 60.5 Å². The van der Waals surface area contributed by atoms with Crippen molar-refractivity contribution in [3.8, 4) is 0 Å². The molecule has 1 saturated heterocycles. The van der Waals surface area contributed by atoms with Crippen molar-refractivity contribution in [2.45, 2.75) is 44.5 Å². The highest BCUT2D eigenvalue weighted by Gasteiger charge is 2.48. The van der Waals surface area contributed by atoms with Gasteiger partial charge in [0, 0.05) is 13.1 Å². The van der Waals surface area contributed by atoms with Gasteiger partial charge in [0.05, 0.1) is 6.61 Å². The van der Waals surface area contributed by atoms with Gasteiger partial charge in [-0.3, -0.25) is 0 Å². The number of amides is 1. The van der Waals surface area contributed by atoms with Crippen LogP contribution in [-0.2, 0) is 24.4 Å². The molecule has 1 heterocycles. The summed E-state index contributed by atoms with van der Waals surface area (Å²) in [6.07, 6.45) is 0.228. The minimum absolute atomic E-state index is 0.285. The second kappa shape index (κ2) is 7.18. The topological polar surface area (TPSA) is 113 Å². The highest BCUT2D eigenvalue weighted by Crippen LogP contribution is 2.24. The molecular formula is C13H20F2NO7S-. The zero-order valence-corrected chi connectivity index (χ0v) is 14.4. The van der Waals surface area contributed by atoms with Gasteiger partial charge in [0.15, 0.2) is 10.1 Å². The van der Waals surface area contributed by atoms with E-state index in [0.717, 1.165) is 0 Å². The molecule has 0 saturated carbocycles. The van der Waals surface area contributed by atoms with Crippen molar-refractivity contribution in [3.63, 3.8) is 0 Å². The van der Waals surface area contributed by atoms with Crippen molar-refractivity contribution < 1.29 is 40.8 Å². The lowest BCUT2D eigenvalue weighted by Gasteiger charge is -2.33. The van der Waals surface area contributed by atoms with E-state index >= 15 is 0 Å². The maximum absolute atomic E-state index is 13.0. The van der Waals surface area contributed by atoms with Gasteiger partial charge >= 0.3 is 17.3 Å². The van der Waals surface area contributed by atoms with Crippen LogP contribution in [0.4, 0.5) is 13.6 Å². The van der Waals surface area contributed by atoms with Crippen LogP contribution in [0.5, 0.6) is 0 Å². The summed E-state index contributed by atoms with van der Waals surface area (Å²) < 4.78 is 66.3. The first-order valence-electron chi connectivity index (χ1n) is 7.22. The molecule has 140 valence electrons. The van der Waals surface area contributed by atoms with E-state index in [-0.39, 0.29) is 19.0 Å². The van der Waals surface area contributed by atoms with E-state index < -0.39 is 39.6 Å². The highest BCUT2D eigenvalue weighted by atomic mass is 32.2. The standard InChI is InChI=1S/C13H21F2NO7S/c1-12(2,3)23-11(18)16-6-4-9(5-7-16)8-22-10(17)13(14,15)24(19,20)21/h9H,4-8H2,1-3H3,(H,19,20,21)/p-1. The molecular weight excluding hydrogens is 352 g/mol. The van der Waals surface area contributed by atoms with Crippen molar-refractivity contribution in [3.05, 3.63) is 0 Å². The monoisotopic (exact) mass is 372 g/mol. The van der Waals surface area contributed by atoms with E-state index in [1.807, 2.05) is 0 Å². The van der Waals surface area contributed by atoms with Crippen LogP contribution in [0.3, 0.4) is 0 Å². The Morgan fingerprint density at radius 1 is 1.21 bits per heavy atom. The van der Waals surface area contributed by atoms with Gasteiger partial charge in [-0.15, -0.1) is 0 Å². The number of hydrogen-bond donors (Lipinski definition) is 0. The lowest BCUT2D eigenvalue weighted by molar-refractivity contribution is -0.163. The third kappa shape index (κ3) is 5.55.